The quantitative estimate of drug-likeness (QED) is 0.146. The van der Waals surface area contributed by atoms with E-state index in [2.05, 4.69) is 42.2 Å². The number of anilines is 2. The average molecular weight is 709 g/mol. The molecule has 24 heteroatoms. The number of fused-ring (bicyclic) bond motifs is 5. The molecule has 0 amide bonds. The van der Waals surface area contributed by atoms with Gasteiger partial charge in [-0.2, -0.15) is 4.98 Å². The molecule has 3 aliphatic rings. The molecule has 7 rings (SSSR count). The van der Waals surface area contributed by atoms with E-state index in [1.807, 2.05) is 0 Å². The molecule has 3 saturated heterocycles. The van der Waals surface area contributed by atoms with Crippen LogP contribution < -0.4 is 17.0 Å². The standard InChI is InChI=1S/C20H23FN10O8P2S3/c21-10-13-9(37-18(10)30-5-26-11-14(22)24-4-25-15(11)30)3-36-40(33,42)38-8-1-7(2-35-41(34,43)39-13)44-19(8)31-6-27-12-16(31)28-20(23)29-17(12)32/h4-10,13,18-19H,1-3H2,(H,33,42)(H,34,43)(H2,22,24,25)(H3,23,28,29,32)/t7-,8+,9+,10-,13+,18+,19+,40?,41?/m0/s1. The van der Waals surface area contributed by atoms with E-state index in [1.54, 1.807) is 4.57 Å². The number of halogens is 1. The number of H-pyrrole nitrogens is 1. The first-order valence-electron chi connectivity index (χ1n) is 12.8. The maximum absolute atomic E-state index is 16.0. The first-order chi connectivity index (χ1) is 20.9. The largest absolute Gasteiger partial charge is 0.386 e. The van der Waals surface area contributed by atoms with Crippen LogP contribution in [0.4, 0.5) is 16.2 Å². The van der Waals surface area contributed by atoms with E-state index in [-0.39, 0.29) is 47.1 Å². The Morgan fingerprint density at radius 1 is 1.09 bits per heavy atom. The highest BCUT2D eigenvalue weighted by Crippen LogP contribution is 2.60. The number of thioether (sulfide) groups is 1. The van der Waals surface area contributed by atoms with Crippen LogP contribution in [0.15, 0.2) is 23.8 Å². The lowest BCUT2D eigenvalue weighted by atomic mass is 10.1. The van der Waals surface area contributed by atoms with Crippen molar-refractivity contribution in [3.8, 4) is 0 Å². The number of nitrogens with two attached hydrogens (primary N) is 2. The zero-order valence-corrected chi connectivity index (χ0v) is 26.3. The molecule has 6 N–H and O–H groups in total. The summed E-state index contributed by atoms with van der Waals surface area (Å²) in [4.78, 5) is 46.2. The average Bonchev–Trinajstić information content (AvgIpc) is 3.72. The molecule has 7 heterocycles. The van der Waals surface area contributed by atoms with Gasteiger partial charge in [0.2, 0.25) is 5.95 Å². The second-order valence-corrected chi connectivity index (χ2v) is 17.1. The summed E-state index contributed by atoms with van der Waals surface area (Å²) in [6, 6.07) is 0. The number of nitrogen functional groups attached to an aromatic ring is 2. The number of nitrogens with zero attached hydrogens (tertiary/aromatic N) is 7. The van der Waals surface area contributed by atoms with E-state index < -0.39 is 67.0 Å². The molecular formula is C20H23FN10O8P2S3. The van der Waals surface area contributed by atoms with Gasteiger partial charge in [-0.1, -0.05) is 12.2 Å². The summed E-state index contributed by atoms with van der Waals surface area (Å²) in [5, 5.41) is -1.05. The number of thiol groups is 1. The lowest BCUT2D eigenvalue weighted by Gasteiger charge is -2.26. The summed E-state index contributed by atoms with van der Waals surface area (Å²) in [5.41, 5.74) is 11.7. The molecule has 18 nitrogen and oxygen atoms in total. The molecule has 9 atom stereocenters. The van der Waals surface area contributed by atoms with Crippen LogP contribution in [-0.4, -0.2) is 86.9 Å². The van der Waals surface area contributed by atoms with Crippen LogP contribution in [0.2, 0.25) is 0 Å². The summed E-state index contributed by atoms with van der Waals surface area (Å²) in [6.45, 7) is -8.88. The maximum Gasteiger partial charge on any atom is 0.386 e. The Labute approximate surface area is 260 Å². The van der Waals surface area contributed by atoms with Crippen LogP contribution in [0, 0.1) is 0 Å². The van der Waals surface area contributed by atoms with Crippen molar-refractivity contribution in [3.05, 3.63) is 29.3 Å². The summed E-state index contributed by atoms with van der Waals surface area (Å²) in [6.07, 6.45) is -2.83. The van der Waals surface area contributed by atoms with Gasteiger partial charge in [0.1, 0.15) is 29.4 Å². The fourth-order valence-electron chi connectivity index (χ4n) is 5.26. The fraction of sp³-hybridized carbons (Fsp3) is 0.500. The summed E-state index contributed by atoms with van der Waals surface area (Å²) in [5.74, 6) is -0.0412. The van der Waals surface area contributed by atoms with Gasteiger partial charge >= 0.3 is 13.5 Å². The highest BCUT2D eigenvalue weighted by Gasteiger charge is 2.51. The fourth-order valence-corrected chi connectivity index (χ4v) is 9.88. The highest BCUT2D eigenvalue weighted by atomic mass is 32.7. The van der Waals surface area contributed by atoms with E-state index in [0.717, 1.165) is 0 Å². The molecule has 3 aliphatic heterocycles. The molecule has 2 bridgehead atoms. The molecular weight excluding hydrogens is 685 g/mol. The number of alkyl halides is 1. The Balaban J connectivity index is 1.19. The Kier molecular flexibility index (Phi) is 7.77. The SMILES string of the molecule is Nc1nc2c(ncn2[C@@H]2S[C@@H]3COP(O)(=S)O[C@H]4[C@H](F)[C@H](n5cnc6c(N)ncnc65)O[C@@H]4COP(=O)(S)O[C@@H]2C3)c(=O)[nH]1. The van der Waals surface area contributed by atoms with Gasteiger partial charge in [-0.05, 0) is 18.2 Å². The van der Waals surface area contributed by atoms with E-state index in [9.17, 15) is 14.3 Å². The van der Waals surface area contributed by atoms with Crippen molar-refractivity contribution < 1.29 is 36.7 Å². The topological polar surface area (TPSA) is 243 Å². The third-order valence-corrected chi connectivity index (χ3v) is 11.9. The normalized spacial score (nSPS) is 36.6. The molecule has 0 aromatic carbocycles. The number of ether oxygens (including phenoxy) is 1. The van der Waals surface area contributed by atoms with Crippen LogP contribution in [0.5, 0.6) is 0 Å². The molecule has 44 heavy (non-hydrogen) atoms. The highest BCUT2D eigenvalue weighted by molar-refractivity contribution is 8.44. The van der Waals surface area contributed by atoms with Crippen molar-refractivity contribution in [2.24, 2.45) is 0 Å². The summed E-state index contributed by atoms with van der Waals surface area (Å²) >= 11 is 10.7. The van der Waals surface area contributed by atoms with E-state index in [0.29, 0.717) is 0 Å². The van der Waals surface area contributed by atoms with Gasteiger partial charge in [0.05, 0.1) is 32.0 Å². The molecule has 0 spiro atoms. The molecule has 0 aliphatic carbocycles. The Bertz CT molecular complexity index is 1910. The molecule has 3 fully saturated rings. The minimum atomic E-state index is -4.14. The number of hydrogen-bond acceptors (Lipinski definition) is 16. The van der Waals surface area contributed by atoms with Gasteiger partial charge < -0.3 is 25.6 Å². The van der Waals surface area contributed by atoms with Crippen molar-refractivity contribution in [1.29, 1.82) is 0 Å². The maximum atomic E-state index is 16.0. The van der Waals surface area contributed by atoms with Gasteiger partial charge in [-0.25, -0.2) is 28.9 Å². The Morgan fingerprint density at radius 3 is 2.68 bits per heavy atom. The first kappa shape index (κ1) is 30.4. The third-order valence-electron chi connectivity index (χ3n) is 7.15. The lowest BCUT2D eigenvalue weighted by molar-refractivity contribution is -0.0419. The van der Waals surface area contributed by atoms with Gasteiger partial charge in [-0.3, -0.25) is 32.5 Å². The summed E-state index contributed by atoms with van der Waals surface area (Å²) < 4.78 is 61.1. The van der Waals surface area contributed by atoms with Crippen molar-refractivity contribution in [1.82, 2.24) is 39.0 Å². The minimum absolute atomic E-state index is 0.0387. The molecule has 4 aromatic rings. The number of aromatic amines is 1. The van der Waals surface area contributed by atoms with Crippen molar-refractivity contribution in [2.45, 2.75) is 47.8 Å². The van der Waals surface area contributed by atoms with Crippen molar-refractivity contribution in [3.63, 3.8) is 0 Å². The number of hydrogen-bond donors (Lipinski definition) is 5. The molecule has 2 unspecified atom stereocenters. The smallest absolute Gasteiger partial charge is 0.382 e. The number of imidazole rings is 2. The molecule has 0 saturated carbocycles. The van der Waals surface area contributed by atoms with Crippen LogP contribution in [-0.2, 0) is 39.2 Å². The van der Waals surface area contributed by atoms with Crippen molar-refractivity contribution in [2.75, 3.05) is 24.7 Å². The van der Waals surface area contributed by atoms with Crippen LogP contribution in [0.3, 0.4) is 0 Å². The van der Waals surface area contributed by atoms with Gasteiger partial charge in [0, 0.05) is 5.25 Å². The number of rotatable bonds is 2. The summed E-state index contributed by atoms with van der Waals surface area (Å²) in [7, 11) is 0. The van der Waals surface area contributed by atoms with Gasteiger partial charge in [0.25, 0.3) is 5.56 Å². The second kappa shape index (κ2) is 11.2. The monoisotopic (exact) mass is 708 g/mol. The van der Waals surface area contributed by atoms with E-state index in [4.69, 9.17) is 46.1 Å². The van der Waals surface area contributed by atoms with Gasteiger partial charge in [0.15, 0.2) is 35.0 Å². The molecule has 4 aromatic heterocycles. The number of aromatic nitrogens is 8. The van der Waals surface area contributed by atoms with Gasteiger partial charge in [-0.15, -0.1) is 11.8 Å². The minimum Gasteiger partial charge on any atom is -0.382 e. The van der Waals surface area contributed by atoms with E-state index in [1.165, 1.54) is 35.3 Å². The van der Waals surface area contributed by atoms with Crippen molar-refractivity contribution >= 4 is 83.4 Å². The zero-order chi connectivity index (χ0) is 31.0. The first-order valence-corrected chi connectivity index (χ1v) is 19.0. The third kappa shape index (κ3) is 5.55. The lowest BCUT2D eigenvalue weighted by Crippen LogP contribution is -2.34. The van der Waals surface area contributed by atoms with Crippen LogP contribution >= 0.6 is 37.5 Å². The van der Waals surface area contributed by atoms with Crippen LogP contribution in [0.25, 0.3) is 22.3 Å². The zero-order valence-electron chi connectivity index (χ0n) is 22.0. The van der Waals surface area contributed by atoms with E-state index >= 15 is 4.39 Å². The predicted octanol–water partition coefficient (Wildman–Crippen LogP) is 1.44. The predicted molar refractivity (Wildman–Crippen MR) is 161 cm³/mol. The second-order valence-electron chi connectivity index (χ2n) is 9.99. The molecule has 0 radical (unpaired) electrons. The Morgan fingerprint density at radius 2 is 1.86 bits per heavy atom. The molecule has 236 valence electrons. The number of nitrogens with one attached hydrogen (secondary N) is 1. The van der Waals surface area contributed by atoms with Crippen LogP contribution in [0.1, 0.15) is 18.0 Å². The Hall–Kier alpha value is -2.23.